The molecule has 2 N–H and O–H groups in total. The van der Waals surface area contributed by atoms with Gasteiger partial charge in [-0.1, -0.05) is 25.3 Å². The summed E-state index contributed by atoms with van der Waals surface area (Å²) in [5, 5.41) is 6.68. The molecule has 0 saturated heterocycles. The van der Waals surface area contributed by atoms with E-state index in [2.05, 4.69) is 15.6 Å². The third-order valence-electron chi connectivity index (χ3n) is 4.73. The first-order chi connectivity index (χ1) is 13.3. The molecule has 152 valence electrons. The average Bonchev–Trinajstić information content (AvgIpc) is 2.71. The molecule has 1 aliphatic rings. The van der Waals surface area contributed by atoms with E-state index in [1.165, 1.54) is 32.1 Å². The normalized spacial score (nSPS) is 15.4. The van der Waals surface area contributed by atoms with Gasteiger partial charge in [-0.2, -0.15) is 0 Å². The molecule has 0 radical (unpaired) electrons. The van der Waals surface area contributed by atoms with E-state index in [1.807, 2.05) is 25.1 Å². The predicted molar refractivity (Wildman–Crippen MR) is 110 cm³/mol. The Hall–Kier alpha value is -1.95. The van der Waals surface area contributed by atoms with Crippen molar-refractivity contribution in [3.63, 3.8) is 0 Å². The molecule has 0 aliphatic heterocycles. The molecule has 0 unspecified atom stereocenters. The Kier molecular flexibility index (Phi) is 9.84. The molecule has 1 aliphatic carbocycles. The molecule has 27 heavy (non-hydrogen) atoms. The fourth-order valence-electron chi connectivity index (χ4n) is 3.27. The smallest absolute Gasteiger partial charge is 0.191 e. The van der Waals surface area contributed by atoms with Crippen LogP contribution in [0.15, 0.2) is 23.2 Å². The Morgan fingerprint density at radius 2 is 1.96 bits per heavy atom. The zero-order chi connectivity index (χ0) is 19.3. The molecular formula is C21H35N3O3. The van der Waals surface area contributed by atoms with Crippen molar-refractivity contribution in [1.82, 2.24) is 10.6 Å². The molecule has 0 atom stereocenters. The van der Waals surface area contributed by atoms with Crippen molar-refractivity contribution >= 4 is 5.96 Å². The van der Waals surface area contributed by atoms with E-state index in [1.54, 1.807) is 14.2 Å². The van der Waals surface area contributed by atoms with E-state index in [0.717, 1.165) is 42.6 Å². The molecule has 1 aromatic carbocycles. The van der Waals surface area contributed by atoms with Crippen LogP contribution in [0.2, 0.25) is 0 Å². The van der Waals surface area contributed by atoms with E-state index < -0.39 is 0 Å². The maximum Gasteiger partial charge on any atom is 0.191 e. The number of hydrogen-bond acceptors (Lipinski definition) is 4. The molecule has 0 amide bonds. The highest BCUT2D eigenvalue weighted by Crippen LogP contribution is 2.28. The molecule has 1 saturated carbocycles. The summed E-state index contributed by atoms with van der Waals surface area (Å²) in [6, 6.07) is 5.96. The second kappa shape index (κ2) is 12.4. The molecule has 0 aromatic heterocycles. The zero-order valence-electron chi connectivity index (χ0n) is 17.1. The van der Waals surface area contributed by atoms with Gasteiger partial charge in [-0.05, 0) is 43.9 Å². The first-order valence-corrected chi connectivity index (χ1v) is 10.1. The van der Waals surface area contributed by atoms with Crippen LogP contribution in [0.3, 0.4) is 0 Å². The Labute approximate surface area is 163 Å². The molecule has 2 rings (SSSR count). The van der Waals surface area contributed by atoms with Crippen LogP contribution in [-0.2, 0) is 11.3 Å². The van der Waals surface area contributed by atoms with Crippen molar-refractivity contribution in [2.24, 2.45) is 4.99 Å². The first kappa shape index (κ1) is 21.4. The monoisotopic (exact) mass is 377 g/mol. The highest BCUT2D eigenvalue weighted by molar-refractivity contribution is 5.79. The van der Waals surface area contributed by atoms with E-state index in [0.29, 0.717) is 19.3 Å². The lowest BCUT2D eigenvalue weighted by molar-refractivity contribution is 0.0277. The van der Waals surface area contributed by atoms with Crippen LogP contribution in [-0.4, -0.2) is 46.0 Å². The number of rotatable bonds is 10. The van der Waals surface area contributed by atoms with Gasteiger partial charge < -0.3 is 24.8 Å². The van der Waals surface area contributed by atoms with Crippen molar-refractivity contribution in [1.29, 1.82) is 0 Å². The lowest BCUT2D eigenvalue weighted by Gasteiger charge is -2.22. The van der Waals surface area contributed by atoms with Gasteiger partial charge in [0.15, 0.2) is 17.5 Å². The minimum absolute atomic E-state index is 0.478. The summed E-state index contributed by atoms with van der Waals surface area (Å²) < 4.78 is 16.9. The summed E-state index contributed by atoms with van der Waals surface area (Å²) in [6.45, 7) is 4.90. The number of nitrogens with zero attached hydrogens (tertiary/aromatic N) is 1. The van der Waals surface area contributed by atoms with E-state index >= 15 is 0 Å². The minimum atomic E-state index is 0.478. The van der Waals surface area contributed by atoms with Crippen molar-refractivity contribution in [3.05, 3.63) is 23.8 Å². The van der Waals surface area contributed by atoms with Gasteiger partial charge in [0, 0.05) is 26.7 Å². The topological polar surface area (TPSA) is 64.1 Å². The number of methoxy groups -OCH3 is 1. The zero-order valence-corrected chi connectivity index (χ0v) is 17.1. The number of benzene rings is 1. The van der Waals surface area contributed by atoms with Gasteiger partial charge in [-0.25, -0.2) is 0 Å². The second-order valence-electron chi connectivity index (χ2n) is 6.76. The fraction of sp³-hybridized carbons (Fsp3) is 0.667. The molecule has 6 heteroatoms. The lowest BCUT2D eigenvalue weighted by atomic mass is 9.98. The largest absolute Gasteiger partial charge is 0.493 e. The average molecular weight is 378 g/mol. The van der Waals surface area contributed by atoms with Gasteiger partial charge in [-0.3, -0.25) is 4.99 Å². The third-order valence-corrected chi connectivity index (χ3v) is 4.73. The van der Waals surface area contributed by atoms with Crippen LogP contribution in [0.4, 0.5) is 0 Å². The second-order valence-corrected chi connectivity index (χ2v) is 6.76. The number of aliphatic imine (C=N–C) groups is 1. The number of nitrogens with one attached hydrogen (secondary N) is 2. The molecule has 1 aromatic rings. The van der Waals surface area contributed by atoms with E-state index in [4.69, 9.17) is 14.2 Å². The van der Waals surface area contributed by atoms with Gasteiger partial charge in [0.05, 0.1) is 19.8 Å². The number of ether oxygens (including phenoxy) is 3. The molecule has 0 bridgehead atoms. The molecule has 0 heterocycles. The van der Waals surface area contributed by atoms with Crippen molar-refractivity contribution in [2.45, 2.75) is 58.1 Å². The summed E-state index contributed by atoms with van der Waals surface area (Å²) in [6.07, 6.45) is 7.90. The fourth-order valence-corrected chi connectivity index (χ4v) is 3.27. The maximum atomic E-state index is 5.96. The minimum Gasteiger partial charge on any atom is -0.493 e. The summed E-state index contributed by atoms with van der Waals surface area (Å²) in [5.41, 5.74) is 1.11. The standard InChI is InChI=1S/C21H35N3O3/c1-4-26-20-15-17(11-12-19(20)25-3)16-24-21(22-2)23-13-8-14-27-18-9-6-5-7-10-18/h11-12,15,18H,4-10,13-14,16H2,1-3H3,(H2,22,23,24). The van der Waals surface area contributed by atoms with Crippen LogP contribution >= 0.6 is 0 Å². The van der Waals surface area contributed by atoms with Crippen molar-refractivity contribution in [3.8, 4) is 11.5 Å². The highest BCUT2D eigenvalue weighted by atomic mass is 16.5. The van der Waals surface area contributed by atoms with E-state index in [-0.39, 0.29) is 0 Å². The van der Waals surface area contributed by atoms with Gasteiger partial charge >= 0.3 is 0 Å². The quantitative estimate of drug-likeness (QED) is 0.371. The summed E-state index contributed by atoms with van der Waals surface area (Å²) in [4.78, 5) is 4.28. The lowest BCUT2D eigenvalue weighted by Crippen LogP contribution is -2.37. The molecular weight excluding hydrogens is 342 g/mol. The van der Waals surface area contributed by atoms with Crippen LogP contribution in [0, 0.1) is 0 Å². The van der Waals surface area contributed by atoms with Crippen LogP contribution in [0.25, 0.3) is 0 Å². The van der Waals surface area contributed by atoms with Gasteiger partial charge in [0.1, 0.15) is 0 Å². The van der Waals surface area contributed by atoms with Crippen molar-refractivity contribution in [2.75, 3.05) is 33.9 Å². The molecule has 1 fully saturated rings. The molecule has 6 nitrogen and oxygen atoms in total. The van der Waals surface area contributed by atoms with Crippen LogP contribution in [0.1, 0.15) is 51.0 Å². The Balaban J connectivity index is 1.68. The van der Waals surface area contributed by atoms with E-state index in [9.17, 15) is 0 Å². The Morgan fingerprint density at radius 1 is 1.15 bits per heavy atom. The van der Waals surface area contributed by atoms with Gasteiger partial charge in [0.2, 0.25) is 0 Å². The SMILES string of the molecule is CCOc1cc(CNC(=NC)NCCCOC2CCCCC2)ccc1OC. The first-order valence-electron chi connectivity index (χ1n) is 10.1. The predicted octanol–water partition coefficient (Wildman–Crippen LogP) is 3.50. The number of guanidine groups is 1. The highest BCUT2D eigenvalue weighted by Gasteiger charge is 2.13. The summed E-state index contributed by atoms with van der Waals surface area (Å²) >= 11 is 0. The maximum absolute atomic E-state index is 5.96. The van der Waals surface area contributed by atoms with Gasteiger partial charge in [-0.15, -0.1) is 0 Å². The van der Waals surface area contributed by atoms with Crippen LogP contribution in [0.5, 0.6) is 11.5 Å². The Morgan fingerprint density at radius 3 is 2.67 bits per heavy atom. The summed E-state index contributed by atoms with van der Waals surface area (Å²) in [5.74, 6) is 2.31. The Bertz CT molecular complexity index is 572. The number of hydrogen-bond donors (Lipinski definition) is 2. The molecule has 0 spiro atoms. The third kappa shape index (κ3) is 7.67. The van der Waals surface area contributed by atoms with Crippen LogP contribution < -0.4 is 20.1 Å². The summed E-state index contributed by atoms with van der Waals surface area (Å²) in [7, 11) is 3.44. The van der Waals surface area contributed by atoms with Gasteiger partial charge in [0.25, 0.3) is 0 Å². The van der Waals surface area contributed by atoms with Crippen molar-refractivity contribution < 1.29 is 14.2 Å².